The molecule has 0 aliphatic carbocycles. The first-order chi connectivity index (χ1) is 6.22. The zero-order valence-corrected chi connectivity index (χ0v) is 7.23. The van der Waals surface area contributed by atoms with Gasteiger partial charge in [-0.3, -0.25) is 0 Å². The topological polar surface area (TPSA) is 64.6 Å². The van der Waals surface area contributed by atoms with E-state index in [0.717, 1.165) is 0 Å². The van der Waals surface area contributed by atoms with Crippen molar-refractivity contribution in [3.05, 3.63) is 24.3 Å². The molecule has 0 N–H and O–H groups in total. The molecule has 0 spiro atoms. The second kappa shape index (κ2) is 4.74. The molecule has 5 heteroatoms. The first-order valence-corrected chi connectivity index (χ1v) is 3.93. The maximum atomic E-state index is 10.1. The summed E-state index contributed by atoms with van der Waals surface area (Å²) in [6.07, 6.45) is 0. The van der Waals surface area contributed by atoms with E-state index in [0.29, 0.717) is 12.4 Å². The summed E-state index contributed by atoms with van der Waals surface area (Å²) in [5, 5.41) is 20.2. The van der Waals surface area contributed by atoms with Crippen LogP contribution in [0.15, 0.2) is 24.3 Å². The molecule has 4 nitrogen and oxygen atoms in total. The Morgan fingerprint density at radius 3 is 2.15 bits per heavy atom. The molecule has 0 fully saturated rings. The van der Waals surface area contributed by atoms with E-state index in [1.165, 1.54) is 12.1 Å². The minimum Gasteiger partial charge on any atom is -0.860 e. The molecule has 1 aromatic rings. The molecule has 0 radical (unpaired) electrons. The van der Waals surface area contributed by atoms with Gasteiger partial charge in [0.15, 0.2) is 0 Å². The van der Waals surface area contributed by atoms with Crippen LogP contribution >= 0.6 is 0 Å². The Morgan fingerprint density at radius 2 is 1.69 bits per heavy atom. The van der Waals surface area contributed by atoms with Gasteiger partial charge in [0.05, 0.1) is 12.4 Å². The predicted molar refractivity (Wildman–Crippen MR) is 44.0 cm³/mol. The minimum absolute atomic E-state index is 0.262. The normalized spacial score (nSPS) is 9.46. The highest BCUT2D eigenvalue weighted by Crippen LogP contribution is 2.16. The maximum Gasteiger partial charge on any atom is 0.133 e. The number of ether oxygens (including phenoxy) is 1. The fourth-order valence-corrected chi connectivity index (χ4v) is 0.892. The molecule has 0 unspecified atom stereocenters. The van der Waals surface area contributed by atoms with Crippen LogP contribution < -0.4 is 19.4 Å². The average molecular weight is 180 g/mol. The van der Waals surface area contributed by atoms with Crippen molar-refractivity contribution in [1.29, 1.82) is 0 Å². The van der Waals surface area contributed by atoms with E-state index in [4.69, 9.17) is 4.74 Å². The zero-order chi connectivity index (χ0) is 9.68. The van der Waals surface area contributed by atoms with E-state index in [2.05, 4.69) is 4.65 Å². The second-order valence-corrected chi connectivity index (χ2v) is 2.31. The van der Waals surface area contributed by atoms with E-state index in [1.54, 1.807) is 12.1 Å². The molecule has 0 saturated carbocycles. The number of hydrogen-bond acceptors (Lipinski definition) is 4. The van der Waals surface area contributed by atoms with Crippen molar-refractivity contribution >= 4 is 7.32 Å². The van der Waals surface area contributed by atoms with E-state index in [1.807, 2.05) is 6.92 Å². The highest BCUT2D eigenvalue weighted by Gasteiger charge is 1.93. The molecule has 0 amide bonds. The zero-order valence-electron chi connectivity index (χ0n) is 7.23. The highest BCUT2D eigenvalue weighted by molar-refractivity contribution is 6.29. The summed E-state index contributed by atoms with van der Waals surface area (Å²) < 4.78 is 9.53. The molecular formula is C8H9BO4-2. The van der Waals surface area contributed by atoms with Gasteiger partial charge < -0.3 is 19.4 Å². The summed E-state index contributed by atoms with van der Waals surface area (Å²) in [7, 11) is -2.28. The molecule has 0 bridgehead atoms. The van der Waals surface area contributed by atoms with Crippen molar-refractivity contribution in [2.24, 2.45) is 0 Å². The van der Waals surface area contributed by atoms with Crippen LogP contribution in [-0.4, -0.2) is 13.9 Å². The van der Waals surface area contributed by atoms with E-state index >= 15 is 0 Å². The van der Waals surface area contributed by atoms with E-state index < -0.39 is 7.32 Å². The SMILES string of the molecule is CCOc1ccc(OB([O-])[O-])cc1. The van der Waals surface area contributed by atoms with E-state index in [9.17, 15) is 10.0 Å². The van der Waals surface area contributed by atoms with Crippen LogP contribution in [0.5, 0.6) is 11.5 Å². The fourth-order valence-electron chi connectivity index (χ4n) is 0.892. The fraction of sp³-hybridized carbons (Fsp3) is 0.250. The minimum atomic E-state index is -2.28. The summed E-state index contributed by atoms with van der Waals surface area (Å²) in [5.74, 6) is 0.946. The van der Waals surface area contributed by atoms with Crippen molar-refractivity contribution in [2.75, 3.05) is 6.61 Å². The van der Waals surface area contributed by atoms with Crippen LogP contribution in [0.25, 0.3) is 0 Å². The first-order valence-electron chi connectivity index (χ1n) is 3.93. The molecular weight excluding hydrogens is 171 g/mol. The lowest BCUT2D eigenvalue weighted by molar-refractivity contribution is -0.372. The Labute approximate surface area is 76.9 Å². The van der Waals surface area contributed by atoms with Crippen LogP contribution in [0.4, 0.5) is 0 Å². The molecule has 1 rings (SSSR count). The Hall–Kier alpha value is -1.20. The van der Waals surface area contributed by atoms with Gasteiger partial charge in [0.25, 0.3) is 0 Å². The third-order valence-electron chi connectivity index (χ3n) is 1.37. The Balaban J connectivity index is 2.59. The highest BCUT2D eigenvalue weighted by atomic mass is 16.6. The molecule has 0 aliphatic rings. The van der Waals surface area contributed by atoms with Crippen LogP contribution in [0, 0.1) is 0 Å². The lowest BCUT2D eigenvalue weighted by Crippen LogP contribution is -2.50. The van der Waals surface area contributed by atoms with Gasteiger partial charge in [-0.05, 0) is 31.2 Å². The maximum absolute atomic E-state index is 10.1. The average Bonchev–Trinajstić information content (AvgIpc) is 2.08. The standard InChI is InChI=1S/C8H9BO4/c1-2-12-7-3-5-8(6-4-7)13-9(10)11/h3-6H,2H2,1H3/q-2. The third-order valence-corrected chi connectivity index (χ3v) is 1.37. The van der Waals surface area contributed by atoms with Crippen LogP contribution in [0.1, 0.15) is 6.92 Å². The van der Waals surface area contributed by atoms with Crippen molar-refractivity contribution in [3.8, 4) is 11.5 Å². The number of benzene rings is 1. The summed E-state index contributed by atoms with van der Waals surface area (Å²) >= 11 is 0. The molecule has 0 heterocycles. The van der Waals surface area contributed by atoms with Crippen LogP contribution in [0.2, 0.25) is 0 Å². The molecule has 0 aliphatic heterocycles. The van der Waals surface area contributed by atoms with Crippen molar-refractivity contribution < 1.29 is 19.4 Å². The largest absolute Gasteiger partial charge is 0.860 e. The lowest BCUT2D eigenvalue weighted by atomic mass is 10.2. The summed E-state index contributed by atoms with van der Waals surface area (Å²) in [4.78, 5) is 0. The van der Waals surface area contributed by atoms with Gasteiger partial charge in [-0.1, -0.05) is 0 Å². The molecule has 13 heavy (non-hydrogen) atoms. The van der Waals surface area contributed by atoms with Gasteiger partial charge in [0.2, 0.25) is 0 Å². The summed E-state index contributed by atoms with van der Waals surface area (Å²) in [6, 6.07) is 6.32. The second-order valence-electron chi connectivity index (χ2n) is 2.31. The van der Waals surface area contributed by atoms with Crippen molar-refractivity contribution in [1.82, 2.24) is 0 Å². The first kappa shape index (κ1) is 9.89. The molecule has 0 saturated heterocycles. The summed E-state index contributed by atoms with van der Waals surface area (Å²) in [6.45, 7) is 2.45. The van der Waals surface area contributed by atoms with Gasteiger partial charge in [-0.15, -0.1) is 0 Å². The Kier molecular flexibility index (Phi) is 3.61. The van der Waals surface area contributed by atoms with Gasteiger partial charge in [0, 0.05) is 0 Å². The van der Waals surface area contributed by atoms with Gasteiger partial charge >= 0.3 is 0 Å². The summed E-state index contributed by atoms with van der Waals surface area (Å²) in [5.41, 5.74) is 0. The molecule has 0 aromatic heterocycles. The lowest BCUT2D eigenvalue weighted by Gasteiger charge is -2.26. The molecule has 0 atom stereocenters. The van der Waals surface area contributed by atoms with Crippen molar-refractivity contribution in [3.63, 3.8) is 0 Å². The smallest absolute Gasteiger partial charge is 0.133 e. The van der Waals surface area contributed by atoms with E-state index in [-0.39, 0.29) is 5.75 Å². The molecule has 70 valence electrons. The Morgan fingerprint density at radius 1 is 1.15 bits per heavy atom. The monoisotopic (exact) mass is 180 g/mol. The van der Waals surface area contributed by atoms with Crippen LogP contribution in [-0.2, 0) is 0 Å². The quantitative estimate of drug-likeness (QED) is 0.567. The third kappa shape index (κ3) is 3.35. The number of rotatable bonds is 4. The molecule has 1 aromatic carbocycles. The predicted octanol–water partition coefficient (Wildman–Crippen LogP) is -0.830. The number of hydrogen-bond donors (Lipinski definition) is 0. The van der Waals surface area contributed by atoms with Gasteiger partial charge in [-0.25, -0.2) is 0 Å². The van der Waals surface area contributed by atoms with Gasteiger partial charge in [-0.2, -0.15) is 0 Å². The van der Waals surface area contributed by atoms with Crippen LogP contribution in [0.3, 0.4) is 0 Å². The van der Waals surface area contributed by atoms with Gasteiger partial charge in [0.1, 0.15) is 13.1 Å². The Bertz CT molecular complexity index is 247. The van der Waals surface area contributed by atoms with Crippen molar-refractivity contribution in [2.45, 2.75) is 6.92 Å².